The lowest BCUT2D eigenvalue weighted by Crippen LogP contribution is -2.49. The second-order valence-corrected chi connectivity index (χ2v) is 5.14. The summed E-state index contributed by atoms with van der Waals surface area (Å²) in [6, 6.07) is 8.14. The summed E-state index contributed by atoms with van der Waals surface area (Å²) in [5.41, 5.74) is -2.52. The number of likely N-dealkylation sites (tertiary alicyclic amines) is 1. The van der Waals surface area contributed by atoms with E-state index in [0.29, 0.717) is 5.56 Å². The molecule has 0 radical (unpaired) electrons. The van der Waals surface area contributed by atoms with Crippen LogP contribution in [0.3, 0.4) is 0 Å². The van der Waals surface area contributed by atoms with Gasteiger partial charge in [0.25, 0.3) is 5.91 Å². The molecule has 1 atom stereocenters. The predicted octanol–water partition coefficient (Wildman–Crippen LogP) is 0.942. The number of aliphatic hydroxyl groups is 1. The minimum atomic E-state index is -4.78. The first kappa shape index (κ1) is 16.3. The van der Waals surface area contributed by atoms with Crippen molar-refractivity contribution in [1.29, 1.82) is 0 Å². The van der Waals surface area contributed by atoms with Crippen molar-refractivity contribution in [1.82, 2.24) is 10.2 Å². The minimum absolute atomic E-state index is 0.198. The fourth-order valence-corrected chi connectivity index (χ4v) is 2.20. The molecule has 2 amide bonds. The topological polar surface area (TPSA) is 69.6 Å². The van der Waals surface area contributed by atoms with Gasteiger partial charge in [-0.1, -0.05) is 18.2 Å². The largest absolute Gasteiger partial charge is 0.419 e. The number of carbonyl (C=O) groups is 2. The Kier molecular flexibility index (Phi) is 4.41. The maximum Gasteiger partial charge on any atom is 0.419 e. The Balaban J connectivity index is 1.88. The maximum atomic E-state index is 12.7. The third-order valence-electron chi connectivity index (χ3n) is 3.56. The van der Waals surface area contributed by atoms with Crippen LogP contribution in [0.15, 0.2) is 30.3 Å². The van der Waals surface area contributed by atoms with Crippen LogP contribution in [-0.4, -0.2) is 53.2 Å². The van der Waals surface area contributed by atoms with E-state index in [2.05, 4.69) is 5.32 Å². The number of halogens is 3. The summed E-state index contributed by atoms with van der Waals surface area (Å²) in [5.74, 6) is -1.15. The molecule has 2 N–H and O–H groups in total. The quantitative estimate of drug-likeness (QED) is 0.872. The average Bonchev–Trinajstić information content (AvgIpc) is 2.89. The first-order chi connectivity index (χ1) is 10.2. The minimum Gasteiger partial charge on any atom is -0.379 e. The first-order valence-electron chi connectivity index (χ1n) is 6.63. The molecule has 0 aromatic heterocycles. The zero-order valence-electron chi connectivity index (χ0n) is 11.6. The highest BCUT2D eigenvalue weighted by Gasteiger charge is 2.57. The van der Waals surface area contributed by atoms with E-state index in [-0.39, 0.29) is 6.54 Å². The summed E-state index contributed by atoms with van der Waals surface area (Å²) in [4.78, 5) is 24.5. The molecule has 0 spiro atoms. The molecule has 0 bridgehead atoms. The van der Waals surface area contributed by atoms with E-state index in [1.807, 2.05) is 0 Å². The fraction of sp³-hybridized carbons (Fsp3) is 0.429. The van der Waals surface area contributed by atoms with Crippen molar-refractivity contribution in [2.45, 2.75) is 18.2 Å². The monoisotopic (exact) mass is 316 g/mol. The van der Waals surface area contributed by atoms with Crippen molar-refractivity contribution in [3.05, 3.63) is 35.9 Å². The number of rotatable bonds is 3. The number of carbonyl (C=O) groups excluding carboxylic acids is 2. The van der Waals surface area contributed by atoms with E-state index in [9.17, 15) is 27.9 Å². The number of nitrogens with one attached hydrogen (secondary N) is 1. The summed E-state index contributed by atoms with van der Waals surface area (Å²) in [6.45, 7) is -1.42. The van der Waals surface area contributed by atoms with Crippen molar-refractivity contribution in [3.8, 4) is 0 Å². The van der Waals surface area contributed by atoms with Crippen LogP contribution >= 0.6 is 0 Å². The molecule has 0 unspecified atom stereocenters. The molecule has 1 aliphatic rings. The number of hydrogen-bond acceptors (Lipinski definition) is 3. The Hall–Kier alpha value is -2.09. The van der Waals surface area contributed by atoms with Crippen LogP contribution in [0.4, 0.5) is 13.2 Å². The van der Waals surface area contributed by atoms with Gasteiger partial charge in [0.05, 0.1) is 13.1 Å². The van der Waals surface area contributed by atoms with Gasteiger partial charge in [0.2, 0.25) is 5.91 Å². The van der Waals surface area contributed by atoms with Gasteiger partial charge in [-0.05, 0) is 12.1 Å². The molecule has 1 aromatic carbocycles. The van der Waals surface area contributed by atoms with E-state index < -0.39 is 43.1 Å². The molecule has 120 valence electrons. The highest BCUT2D eigenvalue weighted by molar-refractivity contribution is 5.96. The van der Waals surface area contributed by atoms with Crippen LogP contribution in [0.2, 0.25) is 0 Å². The predicted molar refractivity (Wildman–Crippen MR) is 71.0 cm³/mol. The van der Waals surface area contributed by atoms with E-state index in [1.165, 1.54) is 0 Å². The second-order valence-electron chi connectivity index (χ2n) is 5.14. The smallest absolute Gasteiger partial charge is 0.379 e. The number of amides is 2. The summed E-state index contributed by atoms with van der Waals surface area (Å²) < 4.78 is 38.0. The number of β-amino-alcohol motifs (C(OH)–C–C–N with tert-alkyl or cyclic N) is 1. The normalized spacial score (nSPS) is 21.7. The second kappa shape index (κ2) is 5.96. The van der Waals surface area contributed by atoms with Gasteiger partial charge >= 0.3 is 6.18 Å². The third-order valence-corrected chi connectivity index (χ3v) is 3.56. The molecule has 22 heavy (non-hydrogen) atoms. The number of benzene rings is 1. The first-order valence-corrected chi connectivity index (χ1v) is 6.63. The molecule has 5 nitrogen and oxygen atoms in total. The van der Waals surface area contributed by atoms with Crippen molar-refractivity contribution < 1.29 is 27.9 Å². The van der Waals surface area contributed by atoms with Crippen molar-refractivity contribution >= 4 is 11.8 Å². The molecular weight excluding hydrogens is 301 g/mol. The Morgan fingerprint density at radius 3 is 2.45 bits per heavy atom. The molecule has 0 aliphatic carbocycles. The lowest BCUT2D eigenvalue weighted by atomic mass is 10.0. The van der Waals surface area contributed by atoms with Crippen LogP contribution in [0.5, 0.6) is 0 Å². The van der Waals surface area contributed by atoms with E-state index in [0.717, 1.165) is 4.90 Å². The molecule has 1 saturated heterocycles. The molecule has 1 aromatic rings. The van der Waals surface area contributed by atoms with Crippen LogP contribution in [0, 0.1) is 0 Å². The molecule has 8 heteroatoms. The highest BCUT2D eigenvalue weighted by atomic mass is 19.4. The van der Waals surface area contributed by atoms with Crippen LogP contribution in [0.1, 0.15) is 16.8 Å². The van der Waals surface area contributed by atoms with Crippen LogP contribution < -0.4 is 5.32 Å². The Morgan fingerprint density at radius 1 is 1.27 bits per heavy atom. The Labute approximate surface area is 124 Å². The van der Waals surface area contributed by atoms with Gasteiger partial charge in [0.15, 0.2) is 5.60 Å². The molecule has 2 rings (SSSR count). The van der Waals surface area contributed by atoms with Gasteiger partial charge in [0.1, 0.15) is 0 Å². The Bertz CT molecular complexity index is 562. The van der Waals surface area contributed by atoms with Gasteiger partial charge in [-0.25, -0.2) is 0 Å². The molecule has 1 aliphatic heterocycles. The average molecular weight is 316 g/mol. The summed E-state index contributed by atoms with van der Waals surface area (Å²) >= 11 is 0. The van der Waals surface area contributed by atoms with Gasteiger partial charge in [-0.15, -0.1) is 0 Å². The molecule has 1 heterocycles. The maximum absolute atomic E-state index is 12.7. The van der Waals surface area contributed by atoms with Gasteiger partial charge in [0, 0.05) is 18.5 Å². The molecule has 1 fully saturated rings. The Morgan fingerprint density at radius 2 is 1.91 bits per heavy atom. The van der Waals surface area contributed by atoms with E-state index >= 15 is 0 Å². The SMILES string of the molecule is O=C(NCC(=O)N1CC[C@](O)(C(F)(F)F)C1)c1ccccc1. The standard InChI is InChI=1S/C14H15F3N2O3/c15-14(16,17)13(22)6-7-19(9-13)11(20)8-18-12(21)10-4-2-1-3-5-10/h1-5,22H,6-9H2,(H,18,21)/t13-/m1/s1. The van der Waals surface area contributed by atoms with Gasteiger partial charge in [-0.2, -0.15) is 13.2 Å². The summed E-state index contributed by atoms with van der Waals surface area (Å²) in [7, 11) is 0. The molecule has 0 saturated carbocycles. The van der Waals surface area contributed by atoms with Crippen LogP contribution in [0.25, 0.3) is 0 Å². The molecular formula is C14H15F3N2O3. The number of hydrogen-bond donors (Lipinski definition) is 2. The summed E-state index contributed by atoms with van der Waals surface area (Å²) in [6.07, 6.45) is -5.34. The summed E-state index contributed by atoms with van der Waals surface area (Å²) in [5, 5.41) is 11.8. The van der Waals surface area contributed by atoms with Crippen LogP contribution in [-0.2, 0) is 4.79 Å². The van der Waals surface area contributed by atoms with Crippen molar-refractivity contribution in [2.24, 2.45) is 0 Å². The lowest BCUT2D eigenvalue weighted by Gasteiger charge is -2.25. The van der Waals surface area contributed by atoms with Gasteiger partial charge < -0.3 is 15.3 Å². The van der Waals surface area contributed by atoms with E-state index in [1.54, 1.807) is 30.3 Å². The zero-order chi connectivity index (χ0) is 16.4. The number of nitrogens with zero attached hydrogens (tertiary/aromatic N) is 1. The highest BCUT2D eigenvalue weighted by Crippen LogP contribution is 2.37. The fourth-order valence-electron chi connectivity index (χ4n) is 2.20. The van der Waals surface area contributed by atoms with Crippen molar-refractivity contribution in [3.63, 3.8) is 0 Å². The van der Waals surface area contributed by atoms with E-state index in [4.69, 9.17) is 0 Å². The zero-order valence-corrected chi connectivity index (χ0v) is 11.6. The third kappa shape index (κ3) is 3.38. The van der Waals surface area contributed by atoms with Gasteiger partial charge in [-0.3, -0.25) is 9.59 Å². The number of alkyl halides is 3. The van der Waals surface area contributed by atoms with Crippen molar-refractivity contribution in [2.75, 3.05) is 19.6 Å². The lowest BCUT2D eigenvalue weighted by molar-refractivity contribution is -0.253.